The minimum Gasteiger partial charge on any atom is -0.350 e. The van der Waals surface area contributed by atoms with Crippen LogP contribution in [0.2, 0.25) is 0 Å². The minimum absolute atomic E-state index is 0.0405. The summed E-state index contributed by atoms with van der Waals surface area (Å²) in [5, 5.41) is 10.8. The maximum Gasteiger partial charge on any atom is 0.334 e. The van der Waals surface area contributed by atoms with E-state index in [1.807, 2.05) is 0 Å². The van der Waals surface area contributed by atoms with Gasteiger partial charge < -0.3 is 5.32 Å². The SMILES string of the molecule is CC(C)NC(=O)c1ccc(-c2ccc3cnc(C(F)(F)c4ccc5nn(C)cc5c4F)n3n2)cc1F. The first-order valence-electron chi connectivity index (χ1n) is 11.0. The molecule has 3 heterocycles. The van der Waals surface area contributed by atoms with Gasteiger partial charge in [-0.25, -0.2) is 18.3 Å². The van der Waals surface area contributed by atoms with Crippen molar-refractivity contribution < 1.29 is 22.4 Å². The molecule has 0 atom stereocenters. The number of amides is 1. The average Bonchev–Trinajstić information content (AvgIpc) is 3.41. The number of aromatic nitrogens is 5. The van der Waals surface area contributed by atoms with Gasteiger partial charge in [-0.15, -0.1) is 0 Å². The number of fused-ring (bicyclic) bond motifs is 2. The summed E-state index contributed by atoms with van der Waals surface area (Å²) in [5.74, 6) is -7.08. The molecular formula is C25H20F4N6O. The molecular weight excluding hydrogens is 476 g/mol. The zero-order chi connectivity index (χ0) is 25.8. The predicted molar refractivity (Wildman–Crippen MR) is 125 cm³/mol. The Morgan fingerprint density at radius 2 is 1.83 bits per heavy atom. The average molecular weight is 496 g/mol. The second-order valence-electron chi connectivity index (χ2n) is 8.70. The van der Waals surface area contributed by atoms with E-state index >= 15 is 13.2 Å². The van der Waals surface area contributed by atoms with Crippen LogP contribution >= 0.6 is 0 Å². The molecule has 11 heteroatoms. The van der Waals surface area contributed by atoms with E-state index in [2.05, 4.69) is 20.5 Å². The largest absolute Gasteiger partial charge is 0.350 e. The van der Waals surface area contributed by atoms with Crippen LogP contribution in [0.1, 0.15) is 35.6 Å². The number of imidazole rings is 1. The van der Waals surface area contributed by atoms with Crippen molar-refractivity contribution in [1.82, 2.24) is 29.7 Å². The van der Waals surface area contributed by atoms with Crippen LogP contribution in [0.3, 0.4) is 0 Å². The highest BCUT2D eigenvalue weighted by molar-refractivity contribution is 5.95. The van der Waals surface area contributed by atoms with E-state index in [1.165, 1.54) is 47.4 Å². The first kappa shape index (κ1) is 23.5. The molecule has 0 aliphatic heterocycles. The van der Waals surface area contributed by atoms with Gasteiger partial charge in [-0.05, 0) is 50.2 Å². The van der Waals surface area contributed by atoms with Crippen molar-refractivity contribution in [2.24, 2.45) is 7.05 Å². The van der Waals surface area contributed by atoms with Gasteiger partial charge in [0.1, 0.15) is 11.6 Å². The molecule has 0 aliphatic carbocycles. The molecule has 0 saturated heterocycles. The van der Waals surface area contributed by atoms with E-state index in [9.17, 15) is 9.18 Å². The Morgan fingerprint density at radius 1 is 1.06 bits per heavy atom. The van der Waals surface area contributed by atoms with Gasteiger partial charge in [0.25, 0.3) is 5.91 Å². The molecule has 0 unspecified atom stereocenters. The van der Waals surface area contributed by atoms with Gasteiger partial charge in [-0.2, -0.15) is 19.0 Å². The lowest BCUT2D eigenvalue weighted by Gasteiger charge is -2.16. The number of halogens is 4. The fraction of sp³-hybridized carbons (Fsp3) is 0.200. The minimum atomic E-state index is -3.84. The van der Waals surface area contributed by atoms with Crippen LogP contribution in [0.5, 0.6) is 0 Å². The third-order valence-electron chi connectivity index (χ3n) is 5.67. The Labute approximate surface area is 202 Å². The summed E-state index contributed by atoms with van der Waals surface area (Å²) in [6.07, 6.45) is 2.52. The summed E-state index contributed by atoms with van der Waals surface area (Å²) in [6.45, 7) is 3.50. The van der Waals surface area contributed by atoms with E-state index in [0.717, 1.165) is 16.6 Å². The highest BCUT2D eigenvalue weighted by Crippen LogP contribution is 2.38. The summed E-state index contributed by atoms with van der Waals surface area (Å²) in [4.78, 5) is 16.0. The lowest BCUT2D eigenvalue weighted by molar-refractivity contribution is 0.0276. The van der Waals surface area contributed by atoms with Crippen molar-refractivity contribution in [3.63, 3.8) is 0 Å². The van der Waals surface area contributed by atoms with Crippen molar-refractivity contribution in [1.29, 1.82) is 0 Å². The Hall–Kier alpha value is -4.28. The molecule has 7 nitrogen and oxygen atoms in total. The van der Waals surface area contributed by atoms with E-state index in [0.29, 0.717) is 0 Å². The number of hydrogen-bond acceptors (Lipinski definition) is 4. The lowest BCUT2D eigenvalue weighted by Crippen LogP contribution is -2.30. The monoisotopic (exact) mass is 496 g/mol. The van der Waals surface area contributed by atoms with Crippen LogP contribution in [0.15, 0.2) is 54.9 Å². The molecule has 0 aliphatic rings. The van der Waals surface area contributed by atoms with Gasteiger partial charge >= 0.3 is 5.92 Å². The van der Waals surface area contributed by atoms with Gasteiger partial charge in [0.15, 0.2) is 0 Å². The van der Waals surface area contributed by atoms with Crippen molar-refractivity contribution in [2.75, 3.05) is 0 Å². The Kier molecular flexibility index (Phi) is 5.50. The van der Waals surface area contributed by atoms with Crippen LogP contribution in [0.25, 0.3) is 27.7 Å². The number of hydrogen-bond donors (Lipinski definition) is 1. The first-order valence-corrected chi connectivity index (χ1v) is 11.0. The normalized spacial score (nSPS) is 12.1. The Balaban J connectivity index is 1.57. The molecule has 5 rings (SSSR count). The van der Waals surface area contributed by atoms with Crippen LogP contribution in [0, 0.1) is 11.6 Å². The quantitative estimate of drug-likeness (QED) is 0.354. The van der Waals surface area contributed by atoms with Gasteiger partial charge in [-0.3, -0.25) is 9.48 Å². The Bertz CT molecular complexity index is 1640. The number of rotatable bonds is 5. The van der Waals surface area contributed by atoms with Gasteiger partial charge in [0.05, 0.1) is 39.4 Å². The molecule has 0 bridgehead atoms. The Morgan fingerprint density at radius 3 is 2.56 bits per heavy atom. The zero-order valence-corrected chi connectivity index (χ0v) is 19.4. The smallest absolute Gasteiger partial charge is 0.334 e. The number of alkyl halides is 2. The molecule has 3 aromatic heterocycles. The highest BCUT2D eigenvalue weighted by Gasteiger charge is 2.42. The molecule has 0 radical (unpaired) electrons. The molecule has 0 fully saturated rings. The summed E-state index contributed by atoms with van der Waals surface area (Å²) in [6, 6.07) is 9.01. The first-order chi connectivity index (χ1) is 17.1. The summed E-state index contributed by atoms with van der Waals surface area (Å²) in [7, 11) is 1.57. The van der Waals surface area contributed by atoms with E-state index < -0.39 is 34.9 Å². The second-order valence-corrected chi connectivity index (χ2v) is 8.70. The predicted octanol–water partition coefficient (Wildman–Crippen LogP) is 4.84. The molecule has 1 N–H and O–H groups in total. The molecule has 5 aromatic rings. The van der Waals surface area contributed by atoms with Crippen molar-refractivity contribution in [3.05, 3.63) is 83.4 Å². The fourth-order valence-electron chi connectivity index (χ4n) is 3.99. The highest BCUT2D eigenvalue weighted by atomic mass is 19.3. The van der Waals surface area contributed by atoms with Crippen LogP contribution in [-0.2, 0) is 13.0 Å². The number of benzene rings is 2. The molecule has 0 saturated carbocycles. The second kappa shape index (κ2) is 8.43. The number of carbonyl (C=O) groups excluding carboxylic acids is 1. The van der Waals surface area contributed by atoms with Crippen LogP contribution < -0.4 is 5.32 Å². The number of aryl methyl sites for hydroxylation is 1. The fourth-order valence-corrected chi connectivity index (χ4v) is 3.99. The lowest BCUT2D eigenvalue weighted by atomic mass is 10.0. The van der Waals surface area contributed by atoms with E-state index in [4.69, 9.17) is 0 Å². The third kappa shape index (κ3) is 3.86. The van der Waals surface area contributed by atoms with E-state index in [-0.39, 0.29) is 39.3 Å². The number of nitrogens with zero attached hydrogens (tertiary/aromatic N) is 5. The molecule has 184 valence electrons. The van der Waals surface area contributed by atoms with Gasteiger partial charge in [-0.1, -0.05) is 6.07 Å². The summed E-state index contributed by atoms with van der Waals surface area (Å²) >= 11 is 0. The third-order valence-corrected chi connectivity index (χ3v) is 5.67. The van der Waals surface area contributed by atoms with Gasteiger partial charge in [0.2, 0.25) is 5.82 Å². The maximum atomic E-state index is 15.6. The standard InChI is InChI=1S/C25H20F4N6O/c1-13(2)31-23(36)16-6-4-14(10-19(16)26)20-8-5-15-11-30-24(35(15)33-20)25(28,29)18-7-9-21-17(22(18)27)12-34(3)32-21/h4-13H,1-3H3,(H,31,36). The van der Waals surface area contributed by atoms with Crippen LogP contribution in [-0.4, -0.2) is 36.3 Å². The van der Waals surface area contributed by atoms with Crippen molar-refractivity contribution in [3.8, 4) is 11.3 Å². The van der Waals surface area contributed by atoms with E-state index in [1.54, 1.807) is 20.9 Å². The number of nitrogens with one attached hydrogen (secondary N) is 1. The zero-order valence-electron chi connectivity index (χ0n) is 19.4. The van der Waals surface area contributed by atoms with Gasteiger partial charge in [0, 0.05) is 24.8 Å². The topological polar surface area (TPSA) is 77.1 Å². The van der Waals surface area contributed by atoms with Crippen LogP contribution in [0.4, 0.5) is 17.6 Å². The van der Waals surface area contributed by atoms with Crippen molar-refractivity contribution in [2.45, 2.75) is 25.8 Å². The number of carbonyl (C=O) groups is 1. The molecule has 1 amide bonds. The summed E-state index contributed by atoms with van der Waals surface area (Å²) in [5.41, 5.74) is -0.101. The summed E-state index contributed by atoms with van der Waals surface area (Å²) < 4.78 is 63.2. The van der Waals surface area contributed by atoms with Crippen molar-refractivity contribution >= 4 is 22.3 Å². The maximum absolute atomic E-state index is 15.6. The molecule has 36 heavy (non-hydrogen) atoms. The molecule has 0 spiro atoms. The molecule has 2 aromatic carbocycles.